The van der Waals surface area contributed by atoms with E-state index in [1.807, 2.05) is 28.2 Å². The van der Waals surface area contributed by atoms with Gasteiger partial charge in [-0.3, -0.25) is 14.4 Å². The normalized spacial score (nSPS) is 19.3. The Morgan fingerprint density at radius 2 is 1.19 bits per heavy atom. The molecular weight excluding hydrogens is 863 g/mol. The maximum Gasteiger partial charge on any atom is 0.202 e. The first-order chi connectivity index (χ1) is 30.7. The van der Waals surface area contributed by atoms with Crippen LogP contribution in [-0.2, 0) is 0 Å². The molecule has 6 aromatic rings. The summed E-state index contributed by atoms with van der Waals surface area (Å²) < 4.78 is 46.8. The molecule has 10 rings (SSSR count). The van der Waals surface area contributed by atoms with Crippen LogP contribution < -0.4 is 41.6 Å². The number of nitrogens with zero attached hydrogens (tertiary/aromatic N) is 4. The molecule has 4 fully saturated rings. The van der Waals surface area contributed by atoms with E-state index in [0.717, 1.165) is 79.0 Å². The van der Waals surface area contributed by atoms with Crippen molar-refractivity contribution >= 4 is 82.1 Å². The van der Waals surface area contributed by atoms with Gasteiger partial charge in [0.2, 0.25) is 10.9 Å². The molecule has 2 unspecified atom stereocenters. The highest BCUT2D eigenvalue weighted by atomic mass is 32.1. The molecule has 2 aliphatic heterocycles. The number of halogens is 2. The van der Waals surface area contributed by atoms with Gasteiger partial charge >= 0.3 is 0 Å². The van der Waals surface area contributed by atoms with Crippen LogP contribution in [-0.4, -0.2) is 78.6 Å². The summed E-state index contributed by atoms with van der Waals surface area (Å²) in [4.78, 5) is 45.2. The topological polar surface area (TPSA) is 179 Å². The van der Waals surface area contributed by atoms with Gasteiger partial charge in [-0.2, -0.15) is 0 Å². The first-order valence-electron chi connectivity index (χ1n) is 22.3. The van der Waals surface area contributed by atoms with Gasteiger partial charge in [-0.15, -0.1) is 22.7 Å². The number of anilines is 2. The molecule has 0 radical (unpaired) electrons. The number of pyridine rings is 2. The quantitative estimate of drug-likeness (QED) is 0.0969. The molecule has 2 aliphatic carbocycles. The van der Waals surface area contributed by atoms with Crippen molar-refractivity contribution < 1.29 is 33.3 Å². The van der Waals surface area contributed by atoms with Gasteiger partial charge in [0.05, 0.1) is 46.3 Å². The summed E-state index contributed by atoms with van der Waals surface area (Å²) in [5.74, 6) is -0.215. The van der Waals surface area contributed by atoms with Crippen LogP contribution in [0.5, 0.6) is 23.0 Å². The van der Waals surface area contributed by atoms with Gasteiger partial charge < -0.3 is 50.1 Å². The molecule has 2 saturated heterocycles. The second-order valence-corrected chi connectivity index (χ2v) is 20.2. The Kier molecular flexibility index (Phi) is 11.8. The number of fused-ring (bicyclic) bond motifs is 4. The van der Waals surface area contributed by atoms with E-state index in [4.69, 9.17) is 20.9 Å². The lowest BCUT2D eigenvalue weighted by atomic mass is 9.97. The van der Waals surface area contributed by atoms with Gasteiger partial charge in [0.15, 0.2) is 34.7 Å². The highest BCUT2D eigenvalue weighted by Gasteiger charge is 2.37. The first kappa shape index (κ1) is 44.2. The van der Waals surface area contributed by atoms with E-state index in [0.29, 0.717) is 82.8 Å². The zero-order valence-corrected chi connectivity index (χ0v) is 38.5. The van der Waals surface area contributed by atoms with E-state index in [2.05, 4.69) is 4.57 Å². The minimum absolute atomic E-state index is 0.0339. The SMILES string of the molecule is COc1c(N2CCCC(CN)C2)c(F)cc2c(=O)c3c(O)c(C(C)=O)sc3n(C3CC3)c12.COc1c(N2CCCC(CN)C2)c(F)cc2c(=O)c3c(O)c(C(C)C)sc3n(C3CC3)c12. The van der Waals surface area contributed by atoms with E-state index in [9.17, 15) is 24.6 Å². The van der Waals surface area contributed by atoms with Crippen molar-refractivity contribution in [2.45, 2.75) is 90.1 Å². The number of ketones is 1. The number of benzene rings is 2. The minimum Gasteiger partial charge on any atom is -0.506 e. The van der Waals surface area contributed by atoms with Crippen LogP contribution in [0.15, 0.2) is 21.7 Å². The average molecular weight is 919 g/mol. The van der Waals surface area contributed by atoms with E-state index >= 15 is 8.78 Å². The number of aromatic nitrogens is 2. The van der Waals surface area contributed by atoms with Crippen LogP contribution in [0.2, 0.25) is 0 Å². The molecule has 17 heteroatoms. The number of thiophene rings is 2. The standard InChI is InChI=1S/C24H30FN3O3S.C23H26FN3O4S/c1-12(2)23-21(30)17-20(29)15-9-16(25)19(27-8-4-5-13(10-26)11-27)22(31-3)18(15)28(14-6-7-14)24(17)32-23;1-11(28)22-20(30)16-19(29)14-8-15(24)18(26-7-3-4-12(9-25)10-26)21(31-2)17(14)27(13-5-6-13)23(16)32-22/h9,12-14,30H,4-8,10-11,26H2,1-3H3;8,12-13,30H,3-7,9-10,25H2,1-2H3. The van der Waals surface area contributed by atoms with Crippen LogP contribution in [0.25, 0.3) is 42.2 Å². The fourth-order valence-electron chi connectivity index (χ4n) is 9.99. The van der Waals surface area contributed by atoms with Crippen molar-refractivity contribution in [1.29, 1.82) is 0 Å². The Morgan fingerprint density at radius 1 is 0.750 bits per heavy atom. The van der Waals surface area contributed by atoms with E-state index in [1.54, 1.807) is 7.11 Å². The molecule has 0 spiro atoms. The van der Waals surface area contributed by atoms with Gasteiger partial charge in [0.1, 0.15) is 37.0 Å². The zero-order valence-electron chi connectivity index (χ0n) is 36.9. The molecule has 2 saturated carbocycles. The van der Waals surface area contributed by atoms with E-state index < -0.39 is 17.1 Å². The second-order valence-electron chi connectivity index (χ2n) is 18.2. The Bertz CT molecular complexity index is 2970. The van der Waals surface area contributed by atoms with Crippen molar-refractivity contribution in [3.8, 4) is 23.0 Å². The van der Waals surface area contributed by atoms with Crippen LogP contribution in [0.1, 0.15) is 105 Å². The van der Waals surface area contributed by atoms with Gasteiger partial charge in [-0.25, -0.2) is 8.78 Å². The molecule has 342 valence electrons. The maximum absolute atomic E-state index is 15.6. The third-order valence-corrected chi connectivity index (χ3v) is 16.2. The number of nitrogens with two attached hydrogens (primary N) is 2. The van der Waals surface area contributed by atoms with Gasteiger partial charge in [0, 0.05) is 45.2 Å². The molecule has 2 aromatic carbocycles. The number of Topliss-reactive ketones (excluding diaryl/α,β-unsaturated/α-hetero) is 1. The number of aromatic hydroxyl groups is 2. The molecule has 0 bridgehead atoms. The highest BCUT2D eigenvalue weighted by Crippen LogP contribution is 2.51. The number of methoxy groups -OCH3 is 2. The summed E-state index contributed by atoms with van der Waals surface area (Å²) in [6, 6.07) is 2.91. The van der Waals surface area contributed by atoms with Crippen LogP contribution >= 0.6 is 22.7 Å². The van der Waals surface area contributed by atoms with E-state index in [1.165, 1.54) is 37.5 Å². The Morgan fingerprint density at radius 3 is 1.58 bits per heavy atom. The smallest absolute Gasteiger partial charge is 0.202 e. The molecule has 6 N–H and O–H groups in total. The van der Waals surface area contributed by atoms with Crippen molar-refractivity contribution in [1.82, 2.24) is 9.13 Å². The maximum atomic E-state index is 15.6. The first-order valence-corrected chi connectivity index (χ1v) is 24.0. The van der Waals surface area contributed by atoms with Crippen LogP contribution in [0, 0.1) is 23.5 Å². The lowest BCUT2D eigenvalue weighted by molar-refractivity contribution is 0.101. The monoisotopic (exact) mass is 918 g/mol. The lowest BCUT2D eigenvalue weighted by Crippen LogP contribution is -2.39. The highest BCUT2D eigenvalue weighted by molar-refractivity contribution is 7.21. The third kappa shape index (κ3) is 7.26. The number of ether oxygens (including phenoxy) is 2. The predicted molar refractivity (Wildman–Crippen MR) is 252 cm³/mol. The Labute approximate surface area is 376 Å². The van der Waals surface area contributed by atoms with E-state index in [-0.39, 0.29) is 67.7 Å². The number of piperidine rings is 2. The Balaban J connectivity index is 0.000000162. The summed E-state index contributed by atoms with van der Waals surface area (Å²) in [6.07, 6.45) is 7.64. The molecule has 4 aromatic heterocycles. The molecule has 4 aliphatic rings. The fourth-order valence-corrected chi connectivity index (χ4v) is 12.4. The van der Waals surface area contributed by atoms with Crippen LogP contribution in [0.3, 0.4) is 0 Å². The summed E-state index contributed by atoms with van der Waals surface area (Å²) in [7, 11) is 3.03. The van der Waals surface area contributed by atoms with Crippen molar-refractivity contribution in [2.75, 3.05) is 63.3 Å². The predicted octanol–water partition coefficient (Wildman–Crippen LogP) is 8.49. The third-order valence-electron chi connectivity index (χ3n) is 13.4. The number of rotatable bonds is 10. The molecule has 13 nitrogen and oxygen atoms in total. The molecule has 2 atom stereocenters. The lowest BCUT2D eigenvalue weighted by Gasteiger charge is -2.35. The molecule has 64 heavy (non-hydrogen) atoms. The number of carbonyl (C=O) groups excluding carboxylic acids is 1. The zero-order chi connectivity index (χ0) is 45.5. The van der Waals surface area contributed by atoms with Gasteiger partial charge in [-0.1, -0.05) is 13.8 Å². The Hall–Kier alpha value is -4.97. The molecular formula is C47H56F2N6O7S2. The van der Waals surface area contributed by atoms with Crippen molar-refractivity contribution in [3.63, 3.8) is 0 Å². The van der Waals surface area contributed by atoms with Crippen molar-refractivity contribution in [2.24, 2.45) is 23.3 Å². The second kappa shape index (κ2) is 17.1. The average Bonchev–Trinajstić information content (AvgIpc) is 4.23. The van der Waals surface area contributed by atoms with Gasteiger partial charge in [-0.05, 0) is 94.3 Å². The molecule has 6 heterocycles. The number of hydrogen-bond acceptors (Lipinski definition) is 13. The van der Waals surface area contributed by atoms with Gasteiger partial charge in [0.25, 0.3) is 0 Å². The summed E-state index contributed by atoms with van der Waals surface area (Å²) >= 11 is 2.57. The largest absolute Gasteiger partial charge is 0.506 e. The fraction of sp³-hybridized carbons (Fsp3) is 0.511. The summed E-state index contributed by atoms with van der Waals surface area (Å²) in [6.45, 7) is 9.15. The summed E-state index contributed by atoms with van der Waals surface area (Å²) in [5.41, 5.74) is 12.9. The number of hydrogen-bond donors (Lipinski definition) is 4. The summed E-state index contributed by atoms with van der Waals surface area (Å²) in [5, 5.41) is 22.3. The minimum atomic E-state index is -0.535. The van der Waals surface area contributed by atoms with Crippen LogP contribution in [0.4, 0.5) is 20.2 Å². The number of carbonyl (C=O) groups is 1. The van der Waals surface area contributed by atoms with Crippen molar-refractivity contribution in [3.05, 3.63) is 54.0 Å². The molecule has 0 amide bonds.